The number of aryl methyl sites for hydroxylation is 1. The standard InChI is InChI=1S/C22H28O2/c1-23-15-7-11-17-8-3-4-10-19(17)16-21-20-12-6-5-9-18(20)13-14-22(21)24-2/h7,11,13-16H,3-6,8-10,12H2,1-2H3/b15-7+,17-11-,19-16+. The molecule has 1 aromatic carbocycles. The Morgan fingerprint density at radius 2 is 1.62 bits per heavy atom. The highest BCUT2D eigenvalue weighted by molar-refractivity contribution is 5.68. The molecular weight excluding hydrogens is 296 g/mol. The summed E-state index contributed by atoms with van der Waals surface area (Å²) in [5.74, 6) is 1.01. The maximum atomic E-state index is 5.69. The average molecular weight is 324 g/mol. The van der Waals surface area contributed by atoms with Crippen molar-refractivity contribution < 1.29 is 9.47 Å². The first-order chi connectivity index (χ1) is 11.8. The van der Waals surface area contributed by atoms with Crippen LogP contribution in [0.4, 0.5) is 0 Å². The molecule has 0 aliphatic heterocycles. The molecule has 0 amide bonds. The molecule has 3 rings (SSSR count). The zero-order valence-corrected chi connectivity index (χ0v) is 14.9. The lowest BCUT2D eigenvalue weighted by Crippen LogP contribution is -2.07. The van der Waals surface area contributed by atoms with E-state index in [1.54, 1.807) is 20.5 Å². The molecule has 128 valence electrons. The Kier molecular flexibility index (Phi) is 5.79. The van der Waals surface area contributed by atoms with E-state index >= 15 is 0 Å². The van der Waals surface area contributed by atoms with Crippen molar-refractivity contribution in [2.45, 2.75) is 51.4 Å². The van der Waals surface area contributed by atoms with Crippen LogP contribution in [0.1, 0.15) is 55.2 Å². The SMILES string of the molecule is CO/C=C/C=C1/CCCC/C1=C\c1c(OC)ccc2c1CCCC2. The van der Waals surface area contributed by atoms with Gasteiger partial charge in [0.15, 0.2) is 0 Å². The van der Waals surface area contributed by atoms with Crippen LogP contribution < -0.4 is 4.74 Å². The molecule has 2 heteroatoms. The van der Waals surface area contributed by atoms with Crippen molar-refractivity contribution in [1.29, 1.82) is 0 Å². The Bertz CT molecular complexity index is 665. The van der Waals surface area contributed by atoms with Crippen molar-refractivity contribution in [3.8, 4) is 5.75 Å². The van der Waals surface area contributed by atoms with Gasteiger partial charge < -0.3 is 9.47 Å². The van der Waals surface area contributed by atoms with Crippen LogP contribution in [0.2, 0.25) is 0 Å². The van der Waals surface area contributed by atoms with Gasteiger partial charge >= 0.3 is 0 Å². The van der Waals surface area contributed by atoms with Crippen molar-refractivity contribution in [1.82, 2.24) is 0 Å². The van der Waals surface area contributed by atoms with Gasteiger partial charge in [0.05, 0.1) is 20.5 Å². The number of allylic oxidation sites excluding steroid dienone is 4. The maximum Gasteiger partial charge on any atom is 0.126 e. The van der Waals surface area contributed by atoms with E-state index in [1.165, 1.54) is 66.4 Å². The zero-order chi connectivity index (χ0) is 16.8. The molecule has 1 saturated carbocycles. The van der Waals surface area contributed by atoms with Gasteiger partial charge in [-0.3, -0.25) is 0 Å². The van der Waals surface area contributed by atoms with Crippen LogP contribution in [-0.2, 0) is 17.6 Å². The number of rotatable bonds is 4. The zero-order valence-electron chi connectivity index (χ0n) is 14.9. The molecule has 1 fully saturated rings. The Labute approximate surface area is 145 Å². The Balaban J connectivity index is 2.02. The van der Waals surface area contributed by atoms with E-state index in [-0.39, 0.29) is 0 Å². The normalized spacial score (nSPS) is 21.2. The average Bonchev–Trinajstić information content (AvgIpc) is 2.63. The van der Waals surface area contributed by atoms with Crippen LogP contribution in [0.15, 0.2) is 41.7 Å². The summed E-state index contributed by atoms with van der Waals surface area (Å²) in [6, 6.07) is 4.40. The monoisotopic (exact) mass is 324 g/mol. The quantitative estimate of drug-likeness (QED) is 0.669. The first-order valence-electron chi connectivity index (χ1n) is 9.11. The van der Waals surface area contributed by atoms with E-state index in [0.717, 1.165) is 18.6 Å². The van der Waals surface area contributed by atoms with Gasteiger partial charge in [0.1, 0.15) is 5.75 Å². The van der Waals surface area contributed by atoms with E-state index in [9.17, 15) is 0 Å². The van der Waals surface area contributed by atoms with Gasteiger partial charge in [0.25, 0.3) is 0 Å². The summed E-state index contributed by atoms with van der Waals surface area (Å²) in [6.07, 6.45) is 18.2. The maximum absolute atomic E-state index is 5.69. The molecule has 24 heavy (non-hydrogen) atoms. The topological polar surface area (TPSA) is 18.5 Å². The van der Waals surface area contributed by atoms with Crippen molar-refractivity contribution in [3.05, 3.63) is 58.4 Å². The van der Waals surface area contributed by atoms with Crippen molar-refractivity contribution in [3.63, 3.8) is 0 Å². The molecule has 2 nitrogen and oxygen atoms in total. The van der Waals surface area contributed by atoms with Gasteiger partial charge in [-0.05, 0) is 91.9 Å². The Morgan fingerprint density at radius 3 is 2.42 bits per heavy atom. The van der Waals surface area contributed by atoms with Crippen LogP contribution in [0, 0.1) is 0 Å². The summed E-state index contributed by atoms with van der Waals surface area (Å²) in [7, 11) is 3.47. The van der Waals surface area contributed by atoms with Gasteiger partial charge in [-0.1, -0.05) is 12.1 Å². The summed E-state index contributed by atoms with van der Waals surface area (Å²) < 4.78 is 10.7. The molecular formula is C22H28O2. The smallest absolute Gasteiger partial charge is 0.126 e. The summed E-state index contributed by atoms with van der Waals surface area (Å²) in [5, 5.41) is 0. The first-order valence-corrected chi connectivity index (χ1v) is 9.11. The third-order valence-electron chi connectivity index (χ3n) is 5.14. The summed E-state index contributed by atoms with van der Waals surface area (Å²) in [6.45, 7) is 0. The van der Waals surface area contributed by atoms with Crippen LogP contribution in [-0.4, -0.2) is 14.2 Å². The number of methoxy groups -OCH3 is 2. The summed E-state index contributed by atoms with van der Waals surface area (Å²) >= 11 is 0. The highest BCUT2D eigenvalue weighted by Gasteiger charge is 2.18. The third kappa shape index (κ3) is 3.75. The van der Waals surface area contributed by atoms with E-state index in [1.807, 2.05) is 6.08 Å². The van der Waals surface area contributed by atoms with Crippen LogP contribution in [0.25, 0.3) is 6.08 Å². The largest absolute Gasteiger partial charge is 0.504 e. The molecule has 0 atom stereocenters. The van der Waals surface area contributed by atoms with Crippen LogP contribution in [0.3, 0.4) is 0 Å². The molecule has 0 heterocycles. The predicted octanol–water partition coefficient (Wildman–Crippen LogP) is 5.62. The molecule has 2 aliphatic rings. The summed E-state index contributed by atoms with van der Waals surface area (Å²) in [5.41, 5.74) is 7.22. The molecule has 0 bridgehead atoms. The van der Waals surface area contributed by atoms with Crippen LogP contribution in [0.5, 0.6) is 5.75 Å². The molecule has 1 aromatic rings. The second kappa shape index (κ2) is 8.23. The lowest BCUT2D eigenvalue weighted by atomic mass is 9.84. The fourth-order valence-electron chi connectivity index (χ4n) is 3.89. The van der Waals surface area contributed by atoms with E-state index in [4.69, 9.17) is 9.47 Å². The van der Waals surface area contributed by atoms with Gasteiger partial charge in [0.2, 0.25) is 0 Å². The van der Waals surface area contributed by atoms with Gasteiger partial charge in [-0.25, -0.2) is 0 Å². The Morgan fingerprint density at radius 1 is 0.875 bits per heavy atom. The Hall–Kier alpha value is -1.96. The van der Waals surface area contributed by atoms with Crippen molar-refractivity contribution >= 4 is 6.08 Å². The van der Waals surface area contributed by atoms with Crippen LogP contribution >= 0.6 is 0 Å². The molecule has 0 spiro atoms. The highest BCUT2D eigenvalue weighted by atomic mass is 16.5. The number of hydrogen-bond donors (Lipinski definition) is 0. The highest BCUT2D eigenvalue weighted by Crippen LogP contribution is 2.36. The lowest BCUT2D eigenvalue weighted by molar-refractivity contribution is 0.338. The van der Waals surface area contributed by atoms with Crippen molar-refractivity contribution in [2.75, 3.05) is 14.2 Å². The molecule has 0 N–H and O–H groups in total. The minimum atomic E-state index is 1.01. The van der Waals surface area contributed by atoms with E-state index in [2.05, 4.69) is 24.3 Å². The molecule has 0 radical (unpaired) electrons. The molecule has 0 aromatic heterocycles. The lowest BCUT2D eigenvalue weighted by Gasteiger charge is -2.23. The fraction of sp³-hybridized carbons (Fsp3) is 0.455. The number of fused-ring (bicyclic) bond motifs is 1. The second-order valence-corrected chi connectivity index (χ2v) is 6.66. The predicted molar refractivity (Wildman–Crippen MR) is 100 cm³/mol. The summed E-state index contributed by atoms with van der Waals surface area (Å²) in [4.78, 5) is 0. The first kappa shape index (κ1) is 16.9. The van der Waals surface area contributed by atoms with Gasteiger partial charge in [-0.2, -0.15) is 0 Å². The second-order valence-electron chi connectivity index (χ2n) is 6.66. The third-order valence-corrected chi connectivity index (χ3v) is 5.14. The van der Waals surface area contributed by atoms with Gasteiger partial charge in [-0.15, -0.1) is 0 Å². The van der Waals surface area contributed by atoms with Crippen molar-refractivity contribution in [2.24, 2.45) is 0 Å². The van der Waals surface area contributed by atoms with E-state index < -0.39 is 0 Å². The molecule has 2 aliphatic carbocycles. The number of hydrogen-bond acceptors (Lipinski definition) is 2. The molecule has 0 unspecified atom stereocenters. The van der Waals surface area contributed by atoms with E-state index in [0.29, 0.717) is 0 Å². The van der Waals surface area contributed by atoms with Gasteiger partial charge in [0, 0.05) is 5.56 Å². The molecule has 0 saturated heterocycles. The number of benzene rings is 1. The minimum absolute atomic E-state index is 1.01. The minimum Gasteiger partial charge on any atom is -0.504 e. The number of ether oxygens (including phenoxy) is 2. The fourth-order valence-corrected chi connectivity index (χ4v) is 3.89.